The largest absolute Gasteiger partial charge is 0.494 e. The minimum Gasteiger partial charge on any atom is -0.494 e. The molecular formula is C43H44N2O5. The molecule has 0 atom stereocenters. The summed E-state index contributed by atoms with van der Waals surface area (Å²) in [5, 5.41) is 2.12. The molecule has 0 N–H and O–H groups in total. The highest BCUT2D eigenvalue weighted by Gasteiger charge is 2.10. The summed E-state index contributed by atoms with van der Waals surface area (Å²) < 4.78 is 29.2. The van der Waals surface area contributed by atoms with Crippen molar-refractivity contribution in [2.45, 2.75) is 38.5 Å². The third-order valence-electron chi connectivity index (χ3n) is 8.99. The van der Waals surface area contributed by atoms with E-state index in [9.17, 15) is 0 Å². The van der Waals surface area contributed by atoms with Gasteiger partial charge in [0.25, 0.3) is 0 Å². The number of ether oxygens (including phenoxy) is 5. The van der Waals surface area contributed by atoms with Crippen LogP contribution in [0.5, 0.6) is 17.2 Å². The molecule has 0 radical (unpaired) electrons. The van der Waals surface area contributed by atoms with Gasteiger partial charge in [-0.15, -0.1) is 0 Å². The highest BCUT2D eigenvalue weighted by molar-refractivity contribution is 6.04. The van der Waals surface area contributed by atoms with Crippen LogP contribution in [0.1, 0.15) is 37.7 Å². The number of benzene rings is 4. The number of rotatable bonds is 0. The highest BCUT2D eigenvalue weighted by Crippen LogP contribution is 2.30. The van der Waals surface area contributed by atoms with Gasteiger partial charge in [-0.3, -0.25) is 0 Å². The molecule has 0 saturated carbocycles. The fraction of sp³-hybridized carbons (Fsp3) is 0.302. The van der Waals surface area contributed by atoms with Gasteiger partial charge in [-0.1, -0.05) is 55.7 Å². The van der Waals surface area contributed by atoms with Gasteiger partial charge in [-0.05, 0) is 97.6 Å². The van der Waals surface area contributed by atoms with Gasteiger partial charge in [0.05, 0.1) is 55.5 Å². The van der Waals surface area contributed by atoms with E-state index in [0.29, 0.717) is 39.6 Å². The number of hydrogen-bond acceptors (Lipinski definition) is 7. The molecule has 7 heteroatoms. The second kappa shape index (κ2) is 17.1. The molecule has 0 unspecified atom stereocenters. The quantitative estimate of drug-likeness (QED) is 0.149. The van der Waals surface area contributed by atoms with E-state index in [2.05, 4.69) is 72.8 Å². The van der Waals surface area contributed by atoms with E-state index < -0.39 is 0 Å². The lowest BCUT2D eigenvalue weighted by Gasteiger charge is -2.10. The van der Waals surface area contributed by atoms with Crippen molar-refractivity contribution >= 4 is 21.8 Å². The van der Waals surface area contributed by atoms with E-state index in [0.717, 1.165) is 81.0 Å². The molecule has 4 aliphatic heterocycles. The Morgan fingerprint density at radius 2 is 0.780 bits per heavy atom. The zero-order valence-corrected chi connectivity index (χ0v) is 28.5. The Balaban J connectivity index is 1.03. The maximum atomic E-state index is 6.07. The smallest absolute Gasteiger partial charge is 0.119 e. The summed E-state index contributed by atoms with van der Waals surface area (Å²) in [6.07, 6.45) is 6.93. The van der Waals surface area contributed by atoms with E-state index in [4.69, 9.17) is 33.7 Å². The lowest BCUT2D eigenvalue weighted by atomic mass is 10.1. The molecule has 50 heavy (non-hydrogen) atoms. The second-order valence-corrected chi connectivity index (χ2v) is 12.6. The molecule has 6 heterocycles. The fourth-order valence-corrected chi connectivity index (χ4v) is 6.20. The van der Waals surface area contributed by atoms with Crippen LogP contribution >= 0.6 is 0 Å². The third kappa shape index (κ3) is 8.97. The van der Waals surface area contributed by atoms with Crippen LogP contribution in [0.4, 0.5) is 0 Å². The predicted molar refractivity (Wildman–Crippen MR) is 199 cm³/mol. The van der Waals surface area contributed by atoms with E-state index in [1.54, 1.807) is 0 Å². The molecule has 7 nitrogen and oxygen atoms in total. The van der Waals surface area contributed by atoms with Crippen molar-refractivity contribution in [1.29, 1.82) is 0 Å². The molecule has 0 amide bonds. The van der Waals surface area contributed by atoms with Crippen LogP contribution in [0, 0.1) is 0 Å². The number of hydrogen-bond donors (Lipinski definition) is 0. The van der Waals surface area contributed by atoms with Crippen LogP contribution in [0.2, 0.25) is 0 Å². The number of aryl methyl sites for hydroxylation is 1. The van der Waals surface area contributed by atoms with Crippen LogP contribution in [-0.4, -0.2) is 56.2 Å². The lowest BCUT2D eigenvalue weighted by molar-refractivity contribution is 0.0273. The zero-order valence-electron chi connectivity index (χ0n) is 28.5. The Hall–Kier alpha value is -4.98. The molecule has 4 aliphatic rings. The van der Waals surface area contributed by atoms with Crippen LogP contribution in [0.25, 0.3) is 44.3 Å². The van der Waals surface area contributed by atoms with Crippen LogP contribution < -0.4 is 14.2 Å². The van der Waals surface area contributed by atoms with Crippen molar-refractivity contribution in [3.63, 3.8) is 0 Å². The summed E-state index contributed by atoms with van der Waals surface area (Å²) in [7, 11) is 0. The molecule has 0 spiro atoms. The Bertz CT molecular complexity index is 1960. The molecule has 0 fully saturated rings. The number of aromatic nitrogens is 2. The highest BCUT2D eigenvalue weighted by atomic mass is 16.6. The van der Waals surface area contributed by atoms with E-state index in [1.165, 1.54) is 31.2 Å². The normalized spacial score (nSPS) is 15.7. The average molecular weight is 669 g/mol. The Morgan fingerprint density at radius 1 is 0.360 bits per heavy atom. The first-order valence-corrected chi connectivity index (χ1v) is 17.8. The predicted octanol–water partition coefficient (Wildman–Crippen LogP) is 9.49. The standard InChI is InChI=1S/C43H44N2O5/c1-2-4-6-32-7-17-37(18-8-32)49-30-28-46-26-27-47-29-31-50-39-21-13-34(14-22-39)41-24-16-36-10-9-35-15-23-40(44-42(35)43(36)45-41)33-11-19-38(20-12-33)48-25-5-3-1/h7-24H,1-6,25-31H2. The molecule has 4 aromatic carbocycles. The van der Waals surface area contributed by atoms with Gasteiger partial charge in [0.2, 0.25) is 0 Å². The molecule has 10 bridgehead atoms. The van der Waals surface area contributed by atoms with Crippen LogP contribution in [0.15, 0.2) is 109 Å². The summed E-state index contributed by atoms with van der Waals surface area (Å²) in [6, 6.07) is 37.3. The van der Waals surface area contributed by atoms with Gasteiger partial charge in [0, 0.05) is 21.9 Å². The van der Waals surface area contributed by atoms with Gasteiger partial charge in [-0.25, -0.2) is 9.97 Å². The van der Waals surface area contributed by atoms with Crippen LogP contribution in [0.3, 0.4) is 0 Å². The first-order chi connectivity index (χ1) is 24.8. The Kier molecular flexibility index (Phi) is 11.5. The molecule has 0 aliphatic carbocycles. The number of pyridine rings is 2. The van der Waals surface area contributed by atoms with E-state index in [1.807, 2.05) is 36.4 Å². The number of fused-ring (bicyclic) bond motifs is 2. The molecular weight excluding hydrogens is 624 g/mol. The SMILES string of the molecule is c1cc2ccc1CCCCCCCOc1ccc(cc1)-c1ccc3ccc4ccc(nc4c3n1)-c1ccc(cc1)OCCOCCOCCO2. The Labute approximate surface area is 294 Å². The van der Waals surface area contributed by atoms with Crippen molar-refractivity contribution in [3.8, 4) is 39.8 Å². The number of nitrogens with zero attached hydrogens (tertiary/aromatic N) is 2. The van der Waals surface area contributed by atoms with Crippen LogP contribution in [-0.2, 0) is 15.9 Å². The minimum absolute atomic E-state index is 0.461. The zero-order chi connectivity index (χ0) is 33.8. The summed E-state index contributed by atoms with van der Waals surface area (Å²) in [4.78, 5) is 10.2. The van der Waals surface area contributed by atoms with Crippen molar-refractivity contribution < 1.29 is 23.7 Å². The molecule has 10 rings (SSSR count). The van der Waals surface area contributed by atoms with Gasteiger partial charge in [0.15, 0.2) is 0 Å². The van der Waals surface area contributed by atoms with Gasteiger partial charge >= 0.3 is 0 Å². The maximum Gasteiger partial charge on any atom is 0.119 e. The first kappa shape index (κ1) is 33.5. The molecule has 2 aromatic heterocycles. The fourth-order valence-electron chi connectivity index (χ4n) is 6.20. The van der Waals surface area contributed by atoms with Crippen molar-refractivity contribution in [2.24, 2.45) is 0 Å². The third-order valence-corrected chi connectivity index (χ3v) is 8.99. The van der Waals surface area contributed by atoms with Gasteiger partial charge in [0.1, 0.15) is 30.5 Å². The van der Waals surface area contributed by atoms with Gasteiger partial charge < -0.3 is 23.7 Å². The summed E-state index contributed by atoms with van der Waals surface area (Å²) in [5.74, 6) is 2.55. The molecule has 256 valence electrons. The second-order valence-electron chi connectivity index (χ2n) is 12.6. The van der Waals surface area contributed by atoms with Crippen molar-refractivity contribution in [3.05, 3.63) is 115 Å². The van der Waals surface area contributed by atoms with Gasteiger partial charge in [-0.2, -0.15) is 0 Å². The Morgan fingerprint density at radius 3 is 1.32 bits per heavy atom. The molecule has 0 saturated heterocycles. The molecule has 6 aromatic rings. The summed E-state index contributed by atoms with van der Waals surface area (Å²) in [6.45, 7) is 3.73. The van der Waals surface area contributed by atoms with Crippen molar-refractivity contribution in [1.82, 2.24) is 9.97 Å². The minimum atomic E-state index is 0.461. The average Bonchev–Trinajstić information content (AvgIpc) is 3.17. The summed E-state index contributed by atoms with van der Waals surface area (Å²) in [5.41, 5.74) is 6.99. The van der Waals surface area contributed by atoms with E-state index in [-0.39, 0.29) is 0 Å². The van der Waals surface area contributed by atoms with Crippen molar-refractivity contribution in [2.75, 3.05) is 46.2 Å². The monoisotopic (exact) mass is 668 g/mol. The van der Waals surface area contributed by atoms with E-state index >= 15 is 0 Å². The lowest BCUT2D eigenvalue weighted by Crippen LogP contribution is -2.13. The summed E-state index contributed by atoms with van der Waals surface area (Å²) >= 11 is 0. The topological polar surface area (TPSA) is 71.9 Å². The maximum absolute atomic E-state index is 6.07. The first-order valence-electron chi connectivity index (χ1n) is 17.8.